The van der Waals surface area contributed by atoms with Crippen LogP contribution in [0.25, 0.3) is 49.0 Å². The second-order valence-corrected chi connectivity index (χ2v) is 22.6. The standard InChI is InChI=1S/C81H60N2/c1-55-23-19-32-64(51-55)82(66-34-21-30-62(53-66)80(60-26-8-4-9-27-60)50-18-6-7-25-57(3)68-36-12-15-39-73(68)80)76-48-44-58-43-47-72-77(49-45-59-42-46-71(76)78(58)79(59)72)83(65-33-20-24-56(2)52-65)67-35-22-31-63(54-67)81(61-28-10-5-11-29-61)74-40-16-13-37-69(74)70-38-14-17-41-75(70)81/h4-49,51-54H,3,50H2,1-2H3/b18-6-,25-7-. The number of hydrogen-bond donors (Lipinski definition) is 0. The van der Waals surface area contributed by atoms with Gasteiger partial charge in [0, 0.05) is 38.9 Å². The highest BCUT2D eigenvalue weighted by Gasteiger charge is 2.46. The van der Waals surface area contributed by atoms with Crippen LogP contribution in [0.15, 0.2) is 310 Å². The van der Waals surface area contributed by atoms with E-state index >= 15 is 0 Å². The van der Waals surface area contributed by atoms with Crippen LogP contribution in [-0.2, 0) is 10.8 Å². The molecule has 0 amide bonds. The zero-order valence-electron chi connectivity index (χ0n) is 46.7. The highest BCUT2D eigenvalue weighted by molar-refractivity contribution is 6.28. The molecule has 0 spiro atoms. The van der Waals surface area contributed by atoms with Gasteiger partial charge in [0.25, 0.3) is 0 Å². The molecule has 2 nitrogen and oxygen atoms in total. The topological polar surface area (TPSA) is 6.48 Å². The molecule has 0 heterocycles. The van der Waals surface area contributed by atoms with Crippen molar-refractivity contribution in [1.29, 1.82) is 0 Å². The fourth-order valence-corrected chi connectivity index (χ4v) is 14.3. The van der Waals surface area contributed by atoms with Crippen molar-refractivity contribution < 1.29 is 0 Å². The molecule has 0 aromatic heterocycles. The first-order chi connectivity index (χ1) is 40.9. The molecule has 0 N–H and O–H groups in total. The molecule has 13 aromatic carbocycles. The molecule has 0 bridgehead atoms. The smallest absolute Gasteiger partial charge is 0.0714 e. The van der Waals surface area contributed by atoms with E-state index in [1.54, 1.807) is 0 Å². The number of benzene rings is 13. The highest BCUT2D eigenvalue weighted by Crippen LogP contribution is 2.57. The number of fused-ring (bicyclic) bond motifs is 4. The molecule has 1 unspecified atom stereocenters. The Morgan fingerprint density at radius 3 is 1.34 bits per heavy atom. The first-order valence-electron chi connectivity index (χ1n) is 29.0. The first-order valence-corrected chi connectivity index (χ1v) is 29.0. The Labute approximate surface area is 486 Å². The summed E-state index contributed by atoms with van der Waals surface area (Å²) in [6.07, 6.45) is 9.53. The van der Waals surface area contributed by atoms with Crippen molar-refractivity contribution in [1.82, 2.24) is 0 Å². The second-order valence-electron chi connectivity index (χ2n) is 22.6. The summed E-state index contributed by atoms with van der Waals surface area (Å²) in [6.45, 7) is 9.00. The zero-order valence-corrected chi connectivity index (χ0v) is 46.7. The minimum atomic E-state index is -0.546. The normalized spacial score (nSPS) is 15.9. The molecule has 2 aliphatic rings. The number of hydrogen-bond acceptors (Lipinski definition) is 2. The molecule has 15 rings (SSSR count). The average Bonchev–Trinajstić information content (AvgIpc) is 3.92. The number of aryl methyl sites for hydroxylation is 2. The summed E-state index contributed by atoms with van der Waals surface area (Å²) in [6, 6.07) is 104. The van der Waals surface area contributed by atoms with Crippen molar-refractivity contribution in [3.05, 3.63) is 366 Å². The number of allylic oxidation sites excluding steroid dienone is 5. The molecule has 0 saturated carbocycles. The lowest BCUT2D eigenvalue weighted by molar-refractivity contribution is 0.626. The van der Waals surface area contributed by atoms with Crippen LogP contribution in [0.1, 0.15) is 62.1 Å². The van der Waals surface area contributed by atoms with Gasteiger partial charge in [-0.1, -0.05) is 249 Å². The van der Waals surface area contributed by atoms with Crippen molar-refractivity contribution in [2.75, 3.05) is 9.80 Å². The minimum Gasteiger partial charge on any atom is -0.310 e. The number of anilines is 6. The third-order valence-electron chi connectivity index (χ3n) is 17.9. The summed E-state index contributed by atoms with van der Waals surface area (Å²) in [5.41, 5.74) is 21.4. The predicted octanol–water partition coefficient (Wildman–Crippen LogP) is 21.4. The van der Waals surface area contributed by atoms with E-state index in [9.17, 15) is 0 Å². The summed E-state index contributed by atoms with van der Waals surface area (Å²) < 4.78 is 0. The Bertz CT molecular complexity index is 4670. The molecule has 13 aromatic rings. The van der Waals surface area contributed by atoms with Crippen molar-refractivity contribution in [3.63, 3.8) is 0 Å². The zero-order chi connectivity index (χ0) is 55.7. The van der Waals surface area contributed by atoms with Crippen molar-refractivity contribution >= 4 is 72.0 Å². The Hall–Kier alpha value is -10.3. The second kappa shape index (κ2) is 20.1. The summed E-state index contributed by atoms with van der Waals surface area (Å²) in [5.74, 6) is 0. The summed E-state index contributed by atoms with van der Waals surface area (Å²) in [7, 11) is 0. The SMILES string of the molecule is C=C1/C=C\C=C/CC(c2ccccc2)(c2cccc(N(c3cccc(C)c3)c3ccc4ccc5c(N(c6cccc(C)c6)c6cccc(C7(c8ccccc8)c8ccccc8-c8ccccc87)c6)ccc6ccc3c4c65)c2)c2ccccc21. The molecule has 0 fully saturated rings. The predicted molar refractivity (Wildman–Crippen MR) is 351 cm³/mol. The van der Waals surface area contributed by atoms with Crippen molar-refractivity contribution in [2.24, 2.45) is 0 Å². The van der Waals surface area contributed by atoms with Crippen LogP contribution in [-0.4, -0.2) is 0 Å². The van der Waals surface area contributed by atoms with Gasteiger partial charge in [0.2, 0.25) is 0 Å². The van der Waals surface area contributed by atoms with Crippen LogP contribution < -0.4 is 9.80 Å². The average molecular weight is 1060 g/mol. The third-order valence-corrected chi connectivity index (χ3v) is 17.9. The molecule has 2 heteroatoms. The summed E-state index contributed by atoms with van der Waals surface area (Å²) in [4.78, 5) is 4.99. The molecule has 2 aliphatic carbocycles. The highest BCUT2D eigenvalue weighted by atomic mass is 15.2. The van der Waals surface area contributed by atoms with Crippen LogP contribution in [0.5, 0.6) is 0 Å². The maximum atomic E-state index is 4.61. The van der Waals surface area contributed by atoms with Gasteiger partial charge >= 0.3 is 0 Å². The molecular formula is C81H60N2. The summed E-state index contributed by atoms with van der Waals surface area (Å²) >= 11 is 0. The largest absolute Gasteiger partial charge is 0.310 e. The van der Waals surface area contributed by atoms with E-state index in [4.69, 9.17) is 0 Å². The van der Waals surface area contributed by atoms with Gasteiger partial charge in [-0.3, -0.25) is 0 Å². The lowest BCUT2D eigenvalue weighted by Gasteiger charge is -2.38. The quantitative estimate of drug-likeness (QED) is 0.126. The van der Waals surface area contributed by atoms with Crippen LogP contribution in [0.4, 0.5) is 34.1 Å². The first kappa shape index (κ1) is 49.7. The summed E-state index contributed by atoms with van der Waals surface area (Å²) in [5, 5.41) is 7.28. The van der Waals surface area contributed by atoms with Gasteiger partial charge in [0.15, 0.2) is 0 Å². The number of nitrogens with zero attached hydrogens (tertiary/aromatic N) is 2. The van der Waals surface area contributed by atoms with Gasteiger partial charge in [-0.05, 0) is 175 Å². The molecule has 0 aliphatic heterocycles. The molecule has 1 atom stereocenters. The van der Waals surface area contributed by atoms with Gasteiger partial charge < -0.3 is 9.80 Å². The van der Waals surface area contributed by atoms with Crippen LogP contribution >= 0.6 is 0 Å². The van der Waals surface area contributed by atoms with Crippen LogP contribution in [0, 0.1) is 13.8 Å². The van der Waals surface area contributed by atoms with E-state index < -0.39 is 10.8 Å². The van der Waals surface area contributed by atoms with E-state index in [1.807, 2.05) is 0 Å². The Morgan fingerprint density at radius 2 is 0.783 bits per heavy atom. The Kier molecular flexibility index (Phi) is 12.0. The van der Waals surface area contributed by atoms with E-state index in [-0.39, 0.29) is 0 Å². The van der Waals surface area contributed by atoms with Crippen molar-refractivity contribution in [2.45, 2.75) is 31.1 Å². The third kappa shape index (κ3) is 7.93. The lowest BCUT2D eigenvalue weighted by Crippen LogP contribution is -2.30. The maximum absolute atomic E-state index is 4.61. The monoisotopic (exact) mass is 1060 g/mol. The molecule has 394 valence electrons. The van der Waals surface area contributed by atoms with Crippen LogP contribution in [0.3, 0.4) is 0 Å². The Balaban J connectivity index is 0.941. The van der Waals surface area contributed by atoms with E-state index in [1.165, 1.54) is 93.5 Å². The van der Waals surface area contributed by atoms with Gasteiger partial charge in [0.05, 0.1) is 16.8 Å². The van der Waals surface area contributed by atoms with E-state index in [0.717, 1.165) is 51.7 Å². The lowest BCUT2D eigenvalue weighted by atomic mass is 9.65. The Morgan fingerprint density at radius 1 is 0.349 bits per heavy atom. The van der Waals surface area contributed by atoms with Crippen molar-refractivity contribution in [3.8, 4) is 11.1 Å². The van der Waals surface area contributed by atoms with Crippen LogP contribution in [0.2, 0.25) is 0 Å². The fraction of sp³-hybridized carbons (Fsp3) is 0.0617. The van der Waals surface area contributed by atoms with Gasteiger partial charge in [-0.15, -0.1) is 0 Å². The molecule has 0 radical (unpaired) electrons. The molecule has 83 heavy (non-hydrogen) atoms. The van der Waals surface area contributed by atoms with Gasteiger partial charge in [-0.25, -0.2) is 0 Å². The van der Waals surface area contributed by atoms with E-state index in [0.29, 0.717) is 0 Å². The fourth-order valence-electron chi connectivity index (χ4n) is 14.3. The van der Waals surface area contributed by atoms with E-state index in [2.05, 4.69) is 334 Å². The molecular weight excluding hydrogens is 1000 g/mol. The van der Waals surface area contributed by atoms with Gasteiger partial charge in [-0.2, -0.15) is 0 Å². The minimum absolute atomic E-state index is 0.534. The number of rotatable bonds is 10. The van der Waals surface area contributed by atoms with Gasteiger partial charge in [0.1, 0.15) is 0 Å². The molecule has 0 saturated heterocycles. The maximum Gasteiger partial charge on any atom is 0.0714 e.